The van der Waals surface area contributed by atoms with Gasteiger partial charge in [-0.05, 0) is 82.5 Å². The Labute approximate surface area is 126 Å². The minimum atomic E-state index is 0.572. The lowest BCUT2D eigenvalue weighted by Gasteiger charge is -2.59. The van der Waals surface area contributed by atoms with Crippen LogP contribution in [-0.2, 0) is 0 Å². The summed E-state index contributed by atoms with van der Waals surface area (Å²) in [5.74, 6) is 3.10. The van der Waals surface area contributed by atoms with Crippen molar-refractivity contribution in [3.8, 4) is 0 Å². The summed E-state index contributed by atoms with van der Waals surface area (Å²) in [6.45, 7) is 6.71. The average Bonchev–Trinajstić information content (AvgIpc) is 2.66. The van der Waals surface area contributed by atoms with Crippen molar-refractivity contribution in [2.75, 3.05) is 5.32 Å². The van der Waals surface area contributed by atoms with E-state index in [1.54, 1.807) is 0 Å². The first kappa shape index (κ1) is 13.1. The van der Waals surface area contributed by atoms with Gasteiger partial charge in [0.25, 0.3) is 0 Å². The number of nitrogens with one attached hydrogen (secondary N) is 1. The van der Waals surface area contributed by atoms with Gasteiger partial charge in [-0.25, -0.2) is 4.98 Å². The Morgan fingerprint density at radius 1 is 1.10 bits per heavy atom. The zero-order valence-electron chi connectivity index (χ0n) is 12.9. The number of rotatable bonds is 3. The summed E-state index contributed by atoms with van der Waals surface area (Å²) in [5.41, 5.74) is 1.76. The fourth-order valence-electron chi connectivity index (χ4n) is 5.58. The summed E-state index contributed by atoms with van der Waals surface area (Å²) >= 11 is 1.82. The maximum absolute atomic E-state index is 4.69. The quantitative estimate of drug-likeness (QED) is 0.866. The summed E-state index contributed by atoms with van der Waals surface area (Å²) in [5, 5.41) is 4.91. The zero-order chi connectivity index (χ0) is 13.9. The average molecular weight is 290 g/mol. The van der Waals surface area contributed by atoms with Gasteiger partial charge in [0, 0.05) is 10.9 Å². The van der Waals surface area contributed by atoms with Crippen LogP contribution in [0.4, 0.5) is 5.13 Å². The van der Waals surface area contributed by atoms with Crippen LogP contribution in [0.25, 0.3) is 0 Å². The van der Waals surface area contributed by atoms with E-state index in [2.05, 4.69) is 31.1 Å². The Balaban J connectivity index is 1.54. The lowest BCUT2D eigenvalue weighted by molar-refractivity contribution is -0.0602. The van der Waals surface area contributed by atoms with E-state index in [0.29, 0.717) is 11.5 Å². The fourth-order valence-corrected chi connectivity index (χ4v) is 6.48. The number of aryl methyl sites for hydroxylation is 2. The van der Waals surface area contributed by atoms with Gasteiger partial charge in [0.15, 0.2) is 5.13 Å². The highest BCUT2D eigenvalue weighted by Crippen LogP contribution is 2.61. The Morgan fingerprint density at radius 2 is 1.65 bits per heavy atom. The van der Waals surface area contributed by atoms with Crippen LogP contribution in [0.5, 0.6) is 0 Å². The third-order valence-corrected chi connectivity index (χ3v) is 7.38. The summed E-state index contributed by atoms with van der Waals surface area (Å²) in [6, 6.07) is 0.584. The summed E-state index contributed by atoms with van der Waals surface area (Å²) < 4.78 is 0. The van der Waals surface area contributed by atoms with Crippen LogP contribution < -0.4 is 5.32 Å². The van der Waals surface area contributed by atoms with Gasteiger partial charge in [-0.15, -0.1) is 11.3 Å². The SMILES string of the molecule is Cc1nc(NC(C)C23CC4CC(CC(C4)C2)C3)sc1C. The van der Waals surface area contributed by atoms with Crippen LogP contribution in [0.1, 0.15) is 56.0 Å². The second kappa shape index (κ2) is 4.46. The molecule has 1 aromatic rings. The Bertz CT molecular complexity index is 464. The predicted octanol–water partition coefficient (Wildman–Crippen LogP) is 4.78. The maximum Gasteiger partial charge on any atom is 0.183 e. The van der Waals surface area contributed by atoms with Crippen molar-refractivity contribution in [3.05, 3.63) is 10.6 Å². The first-order valence-corrected chi connectivity index (χ1v) is 9.06. The van der Waals surface area contributed by atoms with Crippen LogP contribution in [0.3, 0.4) is 0 Å². The molecule has 4 aliphatic carbocycles. The molecule has 1 heterocycles. The van der Waals surface area contributed by atoms with Gasteiger partial charge >= 0.3 is 0 Å². The maximum atomic E-state index is 4.69. The van der Waals surface area contributed by atoms with E-state index in [1.165, 1.54) is 49.1 Å². The van der Waals surface area contributed by atoms with Crippen LogP contribution in [0.15, 0.2) is 0 Å². The molecular weight excluding hydrogens is 264 g/mol. The van der Waals surface area contributed by atoms with Crippen molar-refractivity contribution >= 4 is 16.5 Å². The first-order chi connectivity index (χ1) is 9.54. The molecule has 0 amide bonds. The van der Waals surface area contributed by atoms with Crippen LogP contribution >= 0.6 is 11.3 Å². The highest BCUT2D eigenvalue weighted by atomic mass is 32.1. The minimum absolute atomic E-state index is 0.572. The van der Waals surface area contributed by atoms with Gasteiger partial charge in [0.05, 0.1) is 5.69 Å². The third kappa shape index (κ3) is 2.01. The van der Waals surface area contributed by atoms with E-state index in [9.17, 15) is 0 Å². The van der Waals surface area contributed by atoms with E-state index in [4.69, 9.17) is 0 Å². The smallest absolute Gasteiger partial charge is 0.183 e. The first-order valence-electron chi connectivity index (χ1n) is 8.25. The Morgan fingerprint density at radius 3 is 2.10 bits per heavy atom. The zero-order valence-corrected chi connectivity index (χ0v) is 13.7. The lowest BCUT2D eigenvalue weighted by atomic mass is 9.48. The molecule has 4 bridgehead atoms. The van der Waals surface area contributed by atoms with Crippen LogP contribution in [0, 0.1) is 37.0 Å². The van der Waals surface area contributed by atoms with Gasteiger partial charge < -0.3 is 5.32 Å². The van der Waals surface area contributed by atoms with Gasteiger partial charge in [-0.2, -0.15) is 0 Å². The van der Waals surface area contributed by atoms with E-state index in [1.807, 2.05) is 11.3 Å². The molecule has 2 nitrogen and oxygen atoms in total. The molecule has 0 radical (unpaired) electrons. The summed E-state index contributed by atoms with van der Waals surface area (Å²) in [4.78, 5) is 6.04. The van der Waals surface area contributed by atoms with Crippen molar-refractivity contribution < 1.29 is 0 Å². The molecule has 0 spiro atoms. The summed E-state index contributed by atoms with van der Waals surface area (Å²) in [7, 11) is 0. The summed E-state index contributed by atoms with van der Waals surface area (Å²) in [6.07, 6.45) is 8.99. The number of thiazole rings is 1. The largest absolute Gasteiger partial charge is 0.358 e. The monoisotopic (exact) mass is 290 g/mol. The second-order valence-corrected chi connectivity index (χ2v) is 9.01. The van der Waals surface area contributed by atoms with E-state index >= 15 is 0 Å². The minimum Gasteiger partial charge on any atom is -0.358 e. The number of hydrogen-bond acceptors (Lipinski definition) is 3. The topological polar surface area (TPSA) is 24.9 Å². The number of aromatic nitrogens is 1. The molecule has 4 saturated carbocycles. The third-order valence-electron chi connectivity index (χ3n) is 6.37. The molecule has 4 aliphatic rings. The second-order valence-electron chi connectivity index (χ2n) is 7.81. The molecule has 0 aromatic carbocycles. The van der Waals surface area contributed by atoms with Crippen molar-refractivity contribution in [1.29, 1.82) is 0 Å². The number of nitrogens with zero attached hydrogens (tertiary/aromatic N) is 1. The molecule has 0 aliphatic heterocycles. The molecule has 3 heteroatoms. The van der Waals surface area contributed by atoms with Crippen molar-refractivity contribution in [2.45, 2.75) is 65.3 Å². The van der Waals surface area contributed by atoms with Crippen LogP contribution in [-0.4, -0.2) is 11.0 Å². The molecular formula is C17H26N2S. The van der Waals surface area contributed by atoms with Gasteiger partial charge in [0.1, 0.15) is 0 Å². The molecule has 0 saturated heterocycles. The lowest BCUT2D eigenvalue weighted by Crippen LogP contribution is -2.52. The molecule has 110 valence electrons. The van der Waals surface area contributed by atoms with Crippen molar-refractivity contribution in [2.24, 2.45) is 23.2 Å². The van der Waals surface area contributed by atoms with E-state index in [0.717, 1.165) is 22.9 Å². The van der Waals surface area contributed by atoms with Gasteiger partial charge in [0.2, 0.25) is 0 Å². The molecule has 5 rings (SSSR count). The normalized spacial score (nSPS) is 40.0. The number of hydrogen-bond donors (Lipinski definition) is 1. The Hall–Kier alpha value is -0.570. The highest BCUT2D eigenvalue weighted by Gasteiger charge is 2.53. The van der Waals surface area contributed by atoms with Gasteiger partial charge in [-0.1, -0.05) is 0 Å². The van der Waals surface area contributed by atoms with E-state index < -0.39 is 0 Å². The van der Waals surface area contributed by atoms with Crippen molar-refractivity contribution in [1.82, 2.24) is 4.98 Å². The molecule has 20 heavy (non-hydrogen) atoms. The van der Waals surface area contributed by atoms with Gasteiger partial charge in [-0.3, -0.25) is 0 Å². The number of anilines is 1. The molecule has 1 N–H and O–H groups in total. The standard InChI is InChI=1S/C17H26N2S/c1-10-11(2)20-16(18-10)19-12(3)17-7-13-4-14(8-17)6-15(5-13)9-17/h12-15H,4-9H2,1-3H3,(H,18,19). The van der Waals surface area contributed by atoms with Crippen molar-refractivity contribution in [3.63, 3.8) is 0 Å². The highest BCUT2D eigenvalue weighted by molar-refractivity contribution is 7.15. The fraction of sp³-hybridized carbons (Fsp3) is 0.824. The Kier molecular flexibility index (Phi) is 2.93. The predicted molar refractivity (Wildman–Crippen MR) is 85.3 cm³/mol. The molecule has 1 unspecified atom stereocenters. The molecule has 4 fully saturated rings. The van der Waals surface area contributed by atoms with Crippen LogP contribution in [0.2, 0.25) is 0 Å². The molecule has 1 aromatic heterocycles. The van der Waals surface area contributed by atoms with E-state index in [-0.39, 0.29) is 0 Å². The molecule has 1 atom stereocenters.